The van der Waals surface area contributed by atoms with Crippen LogP contribution >= 0.6 is 11.6 Å². The van der Waals surface area contributed by atoms with Crippen LogP contribution < -0.4 is 4.74 Å². The number of halogens is 1. The molecule has 2 rings (SSSR count). The molecule has 1 unspecified atom stereocenters. The summed E-state index contributed by atoms with van der Waals surface area (Å²) in [4.78, 5) is 13.9. The Morgan fingerprint density at radius 3 is 2.83 bits per heavy atom. The van der Waals surface area contributed by atoms with Gasteiger partial charge in [0.05, 0.1) is 0 Å². The summed E-state index contributed by atoms with van der Waals surface area (Å²) >= 11 is 6.03. The number of alkyl halides is 1. The molecule has 119 valence electrons. The molecule has 1 aliphatic heterocycles. The minimum Gasteiger partial charge on any atom is -0.481 e. The van der Waals surface area contributed by atoms with Crippen LogP contribution in [0.3, 0.4) is 0 Å². The van der Waals surface area contributed by atoms with Crippen LogP contribution in [0.4, 0.5) is 0 Å². The van der Waals surface area contributed by atoms with E-state index in [0.29, 0.717) is 19.6 Å². The first-order valence-corrected chi connectivity index (χ1v) is 7.71. The van der Waals surface area contributed by atoms with Crippen molar-refractivity contribution >= 4 is 23.2 Å². The van der Waals surface area contributed by atoms with Crippen molar-refractivity contribution in [3.8, 4) is 17.6 Å². The van der Waals surface area contributed by atoms with Crippen LogP contribution in [0.15, 0.2) is 18.2 Å². The quantitative estimate of drug-likeness (QED) is 0.436. The second-order valence-electron chi connectivity index (χ2n) is 4.97. The summed E-state index contributed by atoms with van der Waals surface area (Å²) in [6, 6.07) is 5.79. The van der Waals surface area contributed by atoms with Crippen molar-refractivity contribution in [2.45, 2.75) is 32.6 Å². The average molecular weight is 406 g/mol. The molecule has 0 aromatic heterocycles. The number of carbonyl (C=O) groups excluding carboxylic acids is 1. The Morgan fingerprint density at radius 1 is 1.48 bits per heavy atom. The average Bonchev–Trinajstić information content (AvgIpc) is 2.51. The molecule has 1 aromatic rings. The Hall–Kier alpha value is -0.816. The summed E-state index contributed by atoms with van der Waals surface area (Å²) in [7, 11) is 0. The van der Waals surface area contributed by atoms with Crippen molar-refractivity contribution in [3.05, 3.63) is 35.4 Å². The zero-order valence-electron chi connectivity index (χ0n) is 13.6. The maximum Gasteiger partial charge on any atom is 0.241 e. The van der Waals surface area contributed by atoms with Gasteiger partial charge in [-0.15, -0.1) is 40.4 Å². The second-order valence-corrected chi connectivity index (χ2v) is 5.50. The molecule has 1 amide bonds. The van der Waals surface area contributed by atoms with Crippen LogP contribution in [-0.2, 0) is 37.5 Å². The molecule has 5 heteroatoms. The molecule has 23 heavy (non-hydrogen) atoms. The molecule has 1 aromatic carbocycles. The molecule has 1 atom stereocenters. The Balaban J connectivity index is 0.00000264. The maximum absolute atomic E-state index is 12.2. The van der Waals surface area contributed by atoms with Gasteiger partial charge in [0.25, 0.3) is 0 Å². The fourth-order valence-electron chi connectivity index (χ4n) is 2.39. The molecular weight excluding hydrogens is 387 g/mol. The monoisotopic (exact) mass is 405 g/mol. The van der Waals surface area contributed by atoms with Gasteiger partial charge in [0, 0.05) is 39.3 Å². The fraction of sp³-hybridized carbons (Fsp3) is 0.389. The smallest absolute Gasteiger partial charge is 0.241 e. The number of amides is 1. The van der Waals surface area contributed by atoms with E-state index in [2.05, 4.69) is 17.9 Å². The summed E-state index contributed by atoms with van der Waals surface area (Å²) in [6.07, 6.45) is 3.70. The molecule has 0 bridgehead atoms. The molecule has 1 heterocycles. The number of nitrogens with zero attached hydrogens (tertiary/aromatic N) is 1. The largest absolute Gasteiger partial charge is 0.481 e. The van der Waals surface area contributed by atoms with E-state index in [1.165, 1.54) is 0 Å². The van der Waals surface area contributed by atoms with Crippen LogP contribution in [0.2, 0.25) is 0 Å². The Labute approximate surface area is 168 Å². The predicted octanol–water partition coefficient (Wildman–Crippen LogP) is 3.40. The van der Waals surface area contributed by atoms with E-state index in [1.807, 2.05) is 32.0 Å². The van der Waals surface area contributed by atoms with E-state index in [4.69, 9.17) is 16.3 Å². The topological polar surface area (TPSA) is 29.5 Å². The summed E-state index contributed by atoms with van der Waals surface area (Å²) in [5.74, 6) is 6.37. The minimum absolute atomic E-state index is 0. The van der Waals surface area contributed by atoms with Gasteiger partial charge in [-0.2, -0.15) is 0 Å². The molecule has 0 N–H and O–H groups in total. The van der Waals surface area contributed by atoms with Gasteiger partial charge < -0.3 is 9.64 Å². The SMILES string of the molecule is CC#CCOc1ccc(C2=[C-]CC(Cl)C(=O)N2CC)c(C)c1.[Y]. The van der Waals surface area contributed by atoms with Crippen molar-refractivity contribution in [1.29, 1.82) is 0 Å². The van der Waals surface area contributed by atoms with Crippen LogP contribution in [0.1, 0.15) is 31.4 Å². The van der Waals surface area contributed by atoms with E-state index < -0.39 is 5.38 Å². The van der Waals surface area contributed by atoms with Crippen LogP contribution in [0, 0.1) is 24.8 Å². The Bertz CT molecular complexity index is 661. The van der Waals surface area contributed by atoms with Crippen molar-refractivity contribution in [1.82, 2.24) is 4.90 Å². The van der Waals surface area contributed by atoms with Crippen LogP contribution in [0.25, 0.3) is 5.70 Å². The Kier molecular flexibility index (Phi) is 8.33. The molecule has 0 saturated carbocycles. The first-order valence-electron chi connectivity index (χ1n) is 7.28. The molecule has 0 spiro atoms. The van der Waals surface area contributed by atoms with Crippen molar-refractivity contribution < 1.29 is 42.2 Å². The molecule has 0 fully saturated rings. The minimum atomic E-state index is -0.515. The third-order valence-corrected chi connectivity index (χ3v) is 3.85. The third-order valence-electron chi connectivity index (χ3n) is 3.51. The Morgan fingerprint density at radius 2 is 2.22 bits per heavy atom. The van der Waals surface area contributed by atoms with E-state index in [-0.39, 0.29) is 38.6 Å². The van der Waals surface area contributed by atoms with E-state index in [1.54, 1.807) is 11.8 Å². The van der Waals surface area contributed by atoms with E-state index in [9.17, 15) is 4.79 Å². The zero-order valence-corrected chi connectivity index (χ0v) is 17.2. The predicted molar refractivity (Wildman–Crippen MR) is 88.4 cm³/mol. The van der Waals surface area contributed by atoms with Gasteiger partial charge in [-0.25, -0.2) is 6.08 Å². The van der Waals surface area contributed by atoms with Gasteiger partial charge >= 0.3 is 0 Å². The van der Waals surface area contributed by atoms with E-state index >= 15 is 0 Å². The number of carbonyl (C=O) groups is 1. The van der Waals surface area contributed by atoms with Gasteiger partial charge in [-0.05, 0) is 26.0 Å². The molecule has 0 saturated heterocycles. The molecule has 1 aliphatic rings. The van der Waals surface area contributed by atoms with E-state index in [0.717, 1.165) is 22.6 Å². The van der Waals surface area contributed by atoms with Gasteiger partial charge in [0.15, 0.2) is 0 Å². The third kappa shape index (κ3) is 4.83. The van der Waals surface area contributed by atoms with Gasteiger partial charge in [-0.1, -0.05) is 19.3 Å². The fourth-order valence-corrected chi connectivity index (χ4v) is 2.58. The summed E-state index contributed by atoms with van der Waals surface area (Å²) < 4.78 is 5.56. The van der Waals surface area contributed by atoms with Gasteiger partial charge in [-0.3, -0.25) is 4.79 Å². The van der Waals surface area contributed by atoms with Crippen molar-refractivity contribution in [2.24, 2.45) is 0 Å². The number of aryl methyl sites for hydroxylation is 1. The first kappa shape index (κ1) is 20.2. The number of rotatable bonds is 4. The molecular formula is C18H19ClNO2Y-. The van der Waals surface area contributed by atoms with Crippen molar-refractivity contribution in [2.75, 3.05) is 13.2 Å². The number of hydrogen-bond donors (Lipinski definition) is 0. The second kappa shape index (κ2) is 9.47. The zero-order chi connectivity index (χ0) is 16.1. The van der Waals surface area contributed by atoms with Crippen molar-refractivity contribution in [3.63, 3.8) is 0 Å². The van der Waals surface area contributed by atoms with Gasteiger partial charge in [0.1, 0.15) is 17.7 Å². The first-order chi connectivity index (χ1) is 10.6. The van der Waals surface area contributed by atoms with Gasteiger partial charge in [0.2, 0.25) is 5.91 Å². The summed E-state index contributed by atoms with van der Waals surface area (Å²) in [5, 5.41) is -0.515. The number of ether oxygens (including phenoxy) is 1. The molecule has 0 aliphatic carbocycles. The summed E-state index contributed by atoms with van der Waals surface area (Å²) in [5.41, 5.74) is 2.82. The molecule has 3 nitrogen and oxygen atoms in total. The summed E-state index contributed by atoms with van der Waals surface area (Å²) in [6.45, 7) is 6.66. The number of allylic oxidation sites excluding steroid dienone is 1. The molecule has 1 radical (unpaired) electrons. The van der Waals surface area contributed by atoms with Crippen LogP contribution in [0.5, 0.6) is 5.75 Å². The maximum atomic E-state index is 12.2. The number of hydrogen-bond acceptors (Lipinski definition) is 2. The van der Waals surface area contributed by atoms with Crippen LogP contribution in [-0.4, -0.2) is 29.3 Å². The normalized spacial score (nSPS) is 16.9. The standard InChI is InChI=1S/C18H19ClNO2.Y/c1-4-6-11-22-14-7-8-15(13(3)12-14)17-10-9-16(19)18(21)20(17)5-2;/h7-8,12,16H,5,9,11H2,1-3H3;/q-1;. The number of benzene rings is 1.